The number of benzene rings is 1. The molecule has 0 atom stereocenters. The van der Waals surface area contributed by atoms with Crippen LogP contribution in [0.3, 0.4) is 0 Å². The van der Waals surface area contributed by atoms with Gasteiger partial charge < -0.3 is 11.5 Å². The molecule has 4 nitrogen and oxygen atoms in total. The number of nitrogen functional groups attached to an aromatic ring is 2. The fourth-order valence-corrected chi connectivity index (χ4v) is 1.85. The van der Waals surface area contributed by atoms with E-state index in [1.54, 1.807) is 0 Å². The average molecular weight is 228 g/mol. The number of rotatable bonds is 3. The van der Waals surface area contributed by atoms with Crippen molar-refractivity contribution in [2.75, 3.05) is 11.5 Å². The Morgan fingerprint density at radius 3 is 2.41 bits per heavy atom. The molecule has 0 radical (unpaired) electrons. The Bertz CT molecular complexity index is 508. The van der Waals surface area contributed by atoms with E-state index in [1.807, 2.05) is 25.1 Å². The van der Waals surface area contributed by atoms with Gasteiger partial charge in [0.05, 0.1) is 5.69 Å². The highest BCUT2D eigenvalue weighted by Crippen LogP contribution is 2.19. The van der Waals surface area contributed by atoms with Crippen LogP contribution in [0.15, 0.2) is 30.3 Å². The normalized spacial score (nSPS) is 10.4. The first-order valence-corrected chi connectivity index (χ1v) is 5.65. The predicted octanol–water partition coefficient (Wildman–Crippen LogP) is 1.79. The van der Waals surface area contributed by atoms with E-state index in [1.165, 1.54) is 5.56 Å². The molecule has 0 saturated heterocycles. The zero-order chi connectivity index (χ0) is 12.3. The molecule has 1 heterocycles. The Labute approximate surface area is 101 Å². The third-order valence-electron chi connectivity index (χ3n) is 2.70. The maximum Gasteiger partial charge on any atom is 0.222 e. The van der Waals surface area contributed by atoms with Crippen molar-refractivity contribution < 1.29 is 0 Å². The van der Waals surface area contributed by atoms with Gasteiger partial charge in [0.15, 0.2) is 0 Å². The molecule has 0 aliphatic heterocycles. The summed E-state index contributed by atoms with van der Waals surface area (Å²) in [5, 5.41) is 0. The standard InChI is InChI=1S/C13H16N4/c1-2-11-10(12(14)17-13(15)16-11)8-9-6-4-3-5-7-9/h3-7H,2,8H2,1H3,(H4,14,15,16,17). The summed E-state index contributed by atoms with van der Waals surface area (Å²) in [7, 11) is 0. The van der Waals surface area contributed by atoms with E-state index in [9.17, 15) is 0 Å². The summed E-state index contributed by atoms with van der Waals surface area (Å²) in [5.41, 5.74) is 14.6. The summed E-state index contributed by atoms with van der Waals surface area (Å²) in [4.78, 5) is 8.26. The lowest BCUT2D eigenvalue weighted by Gasteiger charge is -2.10. The second-order valence-corrected chi connectivity index (χ2v) is 3.91. The van der Waals surface area contributed by atoms with E-state index in [-0.39, 0.29) is 5.95 Å². The van der Waals surface area contributed by atoms with E-state index in [4.69, 9.17) is 11.5 Å². The lowest BCUT2D eigenvalue weighted by atomic mass is 10.0. The molecule has 0 saturated carbocycles. The van der Waals surface area contributed by atoms with Crippen LogP contribution in [0.5, 0.6) is 0 Å². The molecule has 0 spiro atoms. The van der Waals surface area contributed by atoms with Crippen LogP contribution in [0.2, 0.25) is 0 Å². The molecule has 17 heavy (non-hydrogen) atoms. The minimum Gasteiger partial charge on any atom is -0.383 e. The summed E-state index contributed by atoms with van der Waals surface area (Å²) in [6, 6.07) is 10.1. The maximum absolute atomic E-state index is 5.91. The molecule has 4 heteroatoms. The fourth-order valence-electron chi connectivity index (χ4n) is 1.85. The topological polar surface area (TPSA) is 77.8 Å². The monoisotopic (exact) mass is 228 g/mol. The number of nitrogens with zero attached hydrogens (tertiary/aromatic N) is 2. The highest BCUT2D eigenvalue weighted by Gasteiger charge is 2.10. The SMILES string of the molecule is CCc1nc(N)nc(N)c1Cc1ccccc1. The fraction of sp³-hybridized carbons (Fsp3) is 0.231. The summed E-state index contributed by atoms with van der Waals surface area (Å²) < 4.78 is 0. The number of aromatic nitrogens is 2. The van der Waals surface area contributed by atoms with Crippen molar-refractivity contribution in [3.63, 3.8) is 0 Å². The molecule has 0 aliphatic carbocycles. The van der Waals surface area contributed by atoms with Crippen LogP contribution in [0.25, 0.3) is 0 Å². The van der Waals surface area contributed by atoms with Crippen LogP contribution >= 0.6 is 0 Å². The van der Waals surface area contributed by atoms with Crippen LogP contribution in [-0.4, -0.2) is 9.97 Å². The van der Waals surface area contributed by atoms with Gasteiger partial charge in [-0.3, -0.25) is 0 Å². The molecule has 2 rings (SSSR count). The van der Waals surface area contributed by atoms with Gasteiger partial charge >= 0.3 is 0 Å². The zero-order valence-corrected chi connectivity index (χ0v) is 9.85. The van der Waals surface area contributed by atoms with Gasteiger partial charge in [0, 0.05) is 12.0 Å². The van der Waals surface area contributed by atoms with Crippen molar-refractivity contribution in [3.05, 3.63) is 47.2 Å². The highest BCUT2D eigenvalue weighted by atomic mass is 15.0. The summed E-state index contributed by atoms with van der Waals surface area (Å²) >= 11 is 0. The van der Waals surface area contributed by atoms with Crippen LogP contribution in [-0.2, 0) is 12.8 Å². The Morgan fingerprint density at radius 1 is 1.06 bits per heavy atom. The summed E-state index contributed by atoms with van der Waals surface area (Å²) in [6.45, 7) is 2.04. The predicted molar refractivity (Wildman–Crippen MR) is 69.5 cm³/mol. The number of anilines is 2. The third kappa shape index (κ3) is 2.53. The van der Waals surface area contributed by atoms with E-state index in [0.29, 0.717) is 5.82 Å². The molecule has 0 unspecified atom stereocenters. The number of hydrogen-bond acceptors (Lipinski definition) is 4. The molecule has 4 N–H and O–H groups in total. The summed E-state index contributed by atoms with van der Waals surface area (Å²) in [5.74, 6) is 0.731. The first kappa shape index (κ1) is 11.4. The van der Waals surface area contributed by atoms with Crippen molar-refractivity contribution in [2.45, 2.75) is 19.8 Å². The Hall–Kier alpha value is -2.10. The highest BCUT2D eigenvalue weighted by molar-refractivity contribution is 5.48. The number of aryl methyl sites for hydroxylation is 1. The van der Waals surface area contributed by atoms with Crippen LogP contribution in [0.1, 0.15) is 23.7 Å². The molecular formula is C13H16N4. The van der Waals surface area contributed by atoms with Crippen molar-refractivity contribution in [3.8, 4) is 0 Å². The second kappa shape index (κ2) is 4.82. The molecule has 0 fully saturated rings. The quantitative estimate of drug-likeness (QED) is 0.839. The Kier molecular flexibility index (Phi) is 3.23. The molecule has 0 amide bonds. The first-order chi connectivity index (χ1) is 8.20. The Balaban J connectivity index is 2.38. The van der Waals surface area contributed by atoms with Crippen molar-refractivity contribution >= 4 is 11.8 Å². The smallest absolute Gasteiger partial charge is 0.222 e. The lowest BCUT2D eigenvalue weighted by Crippen LogP contribution is -2.09. The van der Waals surface area contributed by atoms with Gasteiger partial charge in [-0.2, -0.15) is 4.98 Å². The van der Waals surface area contributed by atoms with Gasteiger partial charge in [0.2, 0.25) is 5.95 Å². The van der Waals surface area contributed by atoms with E-state index in [2.05, 4.69) is 22.1 Å². The molecule has 1 aromatic carbocycles. The van der Waals surface area contributed by atoms with E-state index < -0.39 is 0 Å². The first-order valence-electron chi connectivity index (χ1n) is 5.65. The number of hydrogen-bond donors (Lipinski definition) is 2. The largest absolute Gasteiger partial charge is 0.383 e. The van der Waals surface area contributed by atoms with E-state index in [0.717, 1.165) is 24.1 Å². The van der Waals surface area contributed by atoms with E-state index >= 15 is 0 Å². The Morgan fingerprint density at radius 2 is 1.76 bits per heavy atom. The third-order valence-corrected chi connectivity index (χ3v) is 2.70. The summed E-state index contributed by atoms with van der Waals surface area (Å²) in [6.07, 6.45) is 1.55. The molecule has 88 valence electrons. The van der Waals surface area contributed by atoms with Crippen LogP contribution < -0.4 is 11.5 Å². The lowest BCUT2D eigenvalue weighted by molar-refractivity contribution is 0.958. The van der Waals surface area contributed by atoms with Gasteiger partial charge in [-0.25, -0.2) is 4.98 Å². The minimum atomic E-state index is 0.246. The molecule has 0 aliphatic rings. The maximum atomic E-state index is 5.91. The minimum absolute atomic E-state index is 0.246. The molecular weight excluding hydrogens is 212 g/mol. The van der Waals surface area contributed by atoms with Crippen molar-refractivity contribution in [2.24, 2.45) is 0 Å². The molecule has 2 aromatic rings. The van der Waals surface area contributed by atoms with Gasteiger partial charge in [-0.05, 0) is 12.0 Å². The van der Waals surface area contributed by atoms with Crippen LogP contribution in [0.4, 0.5) is 11.8 Å². The van der Waals surface area contributed by atoms with Gasteiger partial charge in [0.1, 0.15) is 5.82 Å². The van der Waals surface area contributed by atoms with Crippen molar-refractivity contribution in [1.29, 1.82) is 0 Å². The van der Waals surface area contributed by atoms with Gasteiger partial charge in [-0.1, -0.05) is 37.3 Å². The number of nitrogens with two attached hydrogens (primary N) is 2. The molecule has 0 bridgehead atoms. The second-order valence-electron chi connectivity index (χ2n) is 3.91. The zero-order valence-electron chi connectivity index (χ0n) is 9.85. The average Bonchev–Trinajstić information content (AvgIpc) is 2.33. The van der Waals surface area contributed by atoms with Crippen molar-refractivity contribution in [1.82, 2.24) is 9.97 Å². The molecule has 1 aromatic heterocycles. The van der Waals surface area contributed by atoms with Gasteiger partial charge in [0.25, 0.3) is 0 Å². The van der Waals surface area contributed by atoms with Crippen LogP contribution in [0, 0.1) is 0 Å². The van der Waals surface area contributed by atoms with Gasteiger partial charge in [-0.15, -0.1) is 0 Å².